The number of nitriles is 1. The molecule has 1 saturated heterocycles. The van der Waals surface area contributed by atoms with Gasteiger partial charge in [0.1, 0.15) is 5.75 Å². The van der Waals surface area contributed by atoms with Crippen molar-refractivity contribution in [3.05, 3.63) is 66.5 Å². The molecule has 0 radical (unpaired) electrons. The van der Waals surface area contributed by atoms with E-state index in [1.807, 2.05) is 30.3 Å². The summed E-state index contributed by atoms with van der Waals surface area (Å²) >= 11 is 0. The Kier molecular flexibility index (Phi) is 6.96. The lowest BCUT2D eigenvalue weighted by atomic mass is 10.2. The number of nitrogens with zero attached hydrogens (tertiary/aromatic N) is 4. The quantitative estimate of drug-likeness (QED) is 0.483. The highest BCUT2D eigenvalue weighted by molar-refractivity contribution is 7.92. The van der Waals surface area contributed by atoms with Crippen LogP contribution in [-0.2, 0) is 10.0 Å². The Bertz CT molecular complexity index is 1210. The van der Waals surface area contributed by atoms with Gasteiger partial charge in [0.05, 0.1) is 46.9 Å². The van der Waals surface area contributed by atoms with Gasteiger partial charge in [-0.15, -0.1) is 0 Å². The molecule has 2 heterocycles. The zero-order valence-corrected chi connectivity index (χ0v) is 19.3. The van der Waals surface area contributed by atoms with E-state index >= 15 is 0 Å². The third kappa shape index (κ3) is 5.72. The van der Waals surface area contributed by atoms with Gasteiger partial charge in [-0.2, -0.15) is 10.4 Å². The molecule has 172 valence electrons. The zero-order valence-electron chi connectivity index (χ0n) is 18.5. The predicted octanol–water partition coefficient (Wildman–Crippen LogP) is 3.80. The van der Waals surface area contributed by atoms with E-state index in [4.69, 9.17) is 10.00 Å². The highest BCUT2D eigenvalue weighted by Crippen LogP contribution is 2.20. The van der Waals surface area contributed by atoms with Crippen molar-refractivity contribution in [3.63, 3.8) is 0 Å². The smallest absolute Gasteiger partial charge is 0.261 e. The maximum absolute atomic E-state index is 12.6. The fourth-order valence-corrected chi connectivity index (χ4v) is 4.95. The number of rotatable bonds is 9. The molecule has 1 unspecified atom stereocenters. The summed E-state index contributed by atoms with van der Waals surface area (Å²) in [7, 11) is -3.77. The second-order valence-electron chi connectivity index (χ2n) is 8.14. The molecule has 1 N–H and O–H groups in total. The van der Waals surface area contributed by atoms with Gasteiger partial charge < -0.3 is 9.64 Å². The molecule has 1 atom stereocenters. The highest BCUT2D eigenvalue weighted by Gasteiger charge is 2.19. The molecule has 0 amide bonds. The van der Waals surface area contributed by atoms with Crippen molar-refractivity contribution in [2.75, 3.05) is 24.4 Å². The van der Waals surface area contributed by atoms with Crippen LogP contribution < -0.4 is 9.46 Å². The highest BCUT2D eigenvalue weighted by atomic mass is 32.2. The van der Waals surface area contributed by atoms with E-state index in [9.17, 15) is 8.42 Å². The van der Waals surface area contributed by atoms with Gasteiger partial charge in [-0.3, -0.25) is 4.72 Å². The number of benzene rings is 2. The largest absolute Gasteiger partial charge is 0.494 e. The lowest BCUT2D eigenvalue weighted by Gasteiger charge is -2.20. The van der Waals surface area contributed by atoms with Crippen molar-refractivity contribution in [1.29, 1.82) is 5.26 Å². The van der Waals surface area contributed by atoms with Crippen molar-refractivity contribution < 1.29 is 13.2 Å². The number of likely N-dealkylation sites (tertiary alicyclic amines) is 1. The third-order valence-corrected chi connectivity index (χ3v) is 7.18. The van der Waals surface area contributed by atoms with Gasteiger partial charge in [0.15, 0.2) is 0 Å². The molecule has 9 heteroatoms. The number of sulfonamides is 1. The molecule has 0 spiro atoms. The monoisotopic (exact) mass is 465 g/mol. The summed E-state index contributed by atoms with van der Waals surface area (Å²) in [5, 5.41) is 13.1. The Hall–Kier alpha value is -3.35. The molecule has 1 aromatic heterocycles. The Morgan fingerprint density at radius 1 is 1.18 bits per heavy atom. The molecule has 0 saturated carbocycles. The minimum atomic E-state index is -3.77. The second kappa shape index (κ2) is 10.1. The Morgan fingerprint density at radius 3 is 2.61 bits per heavy atom. The van der Waals surface area contributed by atoms with Crippen LogP contribution in [0.5, 0.6) is 5.75 Å². The molecule has 1 aliphatic heterocycles. The minimum absolute atomic E-state index is 0.0786. The van der Waals surface area contributed by atoms with Gasteiger partial charge in [-0.1, -0.05) is 0 Å². The first kappa shape index (κ1) is 22.8. The summed E-state index contributed by atoms with van der Waals surface area (Å²) in [6, 6.07) is 15.9. The number of ether oxygens (including phenoxy) is 1. The first-order valence-electron chi connectivity index (χ1n) is 11.0. The molecule has 8 nitrogen and oxygen atoms in total. The Balaban J connectivity index is 1.31. The number of nitrogens with one attached hydrogen (secondary N) is 1. The lowest BCUT2D eigenvalue weighted by Crippen LogP contribution is -2.28. The van der Waals surface area contributed by atoms with E-state index in [-0.39, 0.29) is 4.90 Å². The number of anilines is 1. The fraction of sp³-hybridized carbons (Fsp3) is 0.333. The van der Waals surface area contributed by atoms with E-state index in [1.165, 1.54) is 49.8 Å². The van der Waals surface area contributed by atoms with Crippen LogP contribution in [0.3, 0.4) is 0 Å². The first-order valence-corrected chi connectivity index (χ1v) is 12.5. The van der Waals surface area contributed by atoms with Crippen LogP contribution >= 0.6 is 0 Å². The number of aromatic nitrogens is 2. The van der Waals surface area contributed by atoms with Gasteiger partial charge in [0, 0.05) is 12.6 Å². The van der Waals surface area contributed by atoms with Gasteiger partial charge in [0.2, 0.25) is 0 Å². The molecule has 1 fully saturated rings. The summed E-state index contributed by atoms with van der Waals surface area (Å²) in [5.41, 5.74) is 1.53. The topological polar surface area (TPSA) is 100 Å². The van der Waals surface area contributed by atoms with Crippen LogP contribution in [0, 0.1) is 11.3 Å². The van der Waals surface area contributed by atoms with E-state index in [0.717, 1.165) is 24.4 Å². The molecule has 3 aromatic rings. The minimum Gasteiger partial charge on any atom is -0.494 e. The summed E-state index contributed by atoms with van der Waals surface area (Å²) in [6.45, 7) is 5.20. The summed E-state index contributed by atoms with van der Waals surface area (Å²) in [4.78, 5) is 2.59. The van der Waals surface area contributed by atoms with Crippen LogP contribution in [0.4, 0.5) is 5.69 Å². The fourth-order valence-electron chi connectivity index (χ4n) is 3.92. The van der Waals surface area contributed by atoms with E-state index in [0.29, 0.717) is 23.9 Å². The maximum atomic E-state index is 12.6. The van der Waals surface area contributed by atoms with Crippen molar-refractivity contribution in [2.24, 2.45) is 0 Å². The second-order valence-corrected chi connectivity index (χ2v) is 9.82. The van der Waals surface area contributed by atoms with Crippen molar-refractivity contribution in [1.82, 2.24) is 14.7 Å². The van der Waals surface area contributed by atoms with Crippen LogP contribution in [0.15, 0.2) is 65.8 Å². The van der Waals surface area contributed by atoms with E-state index < -0.39 is 10.0 Å². The lowest BCUT2D eigenvalue weighted by molar-refractivity contribution is 0.230. The maximum Gasteiger partial charge on any atom is 0.261 e. The first-order chi connectivity index (χ1) is 15.9. The SMILES string of the molecule is CC1CCCN1CCCOc1ccc(-n2cc(NS(=O)(=O)c3ccc(C#N)cc3)cn2)cc1. The average Bonchev–Trinajstić information content (AvgIpc) is 3.45. The zero-order chi connectivity index (χ0) is 23.3. The molecule has 33 heavy (non-hydrogen) atoms. The van der Waals surface area contributed by atoms with Crippen molar-refractivity contribution in [3.8, 4) is 17.5 Å². The van der Waals surface area contributed by atoms with Crippen LogP contribution in [0.2, 0.25) is 0 Å². The average molecular weight is 466 g/mol. The Labute approximate surface area is 194 Å². The third-order valence-electron chi connectivity index (χ3n) is 5.78. The molecule has 0 aliphatic carbocycles. The molecule has 0 bridgehead atoms. The van der Waals surface area contributed by atoms with Crippen molar-refractivity contribution >= 4 is 15.7 Å². The van der Waals surface area contributed by atoms with Crippen LogP contribution in [-0.4, -0.2) is 48.8 Å². The van der Waals surface area contributed by atoms with Gasteiger partial charge in [-0.05, 0) is 81.3 Å². The molecule has 4 rings (SSSR count). The van der Waals surface area contributed by atoms with Crippen molar-refractivity contribution in [2.45, 2.75) is 37.1 Å². The molecule has 2 aromatic carbocycles. The molecule has 1 aliphatic rings. The summed E-state index contributed by atoms with van der Waals surface area (Å²) < 4.78 is 35.1. The Morgan fingerprint density at radius 2 is 1.94 bits per heavy atom. The predicted molar refractivity (Wildman–Crippen MR) is 126 cm³/mol. The van der Waals surface area contributed by atoms with E-state index in [1.54, 1.807) is 10.9 Å². The standard InChI is InChI=1S/C24H27N5O3S/c1-19-4-2-13-28(19)14-3-15-32-23-9-7-22(8-10-23)29-18-21(17-26-29)27-33(30,31)24-11-5-20(16-25)6-12-24/h5-12,17-19,27H,2-4,13-15H2,1H3. The molecular weight excluding hydrogens is 438 g/mol. The van der Waals surface area contributed by atoms with Gasteiger partial charge >= 0.3 is 0 Å². The van der Waals surface area contributed by atoms with Crippen LogP contribution in [0.1, 0.15) is 31.7 Å². The van der Waals surface area contributed by atoms with Gasteiger partial charge in [0.25, 0.3) is 10.0 Å². The number of hydrogen-bond donors (Lipinski definition) is 1. The number of hydrogen-bond acceptors (Lipinski definition) is 6. The summed E-state index contributed by atoms with van der Waals surface area (Å²) in [5.74, 6) is 0.794. The normalized spacial score (nSPS) is 16.4. The summed E-state index contributed by atoms with van der Waals surface area (Å²) in [6.07, 6.45) is 6.62. The van der Waals surface area contributed by atoms with Crippen LogP contribution in [0.25, 0.3) is 5.69 Å². The van der Waals surface area contributed by atoms with E-state index in [2.05, 4.69) is 21.6 Å². The van der Waals surface area contributed by atoms with Gasteiger partial charge in [-0.25, -0.2) is 13.1 Å². The molecular formula is C24H27N5O3S.